The highest BCUT2D eigenvalue weighted by molar-refractivity contribution is 6.74. The van der Waals surface area contributed by atoms with Gasteiger partial charge in [-0.2, -0.15) is 0 Å². The third-order valence-electron chi connectivity index (χ3n) is 2.64. The van der Waals surface area contributed by atoms with Gasteiger partial charge in [-0.1, -0.05) is 47.8 Å². The summed E-state index contributed by atoms with van der Waals surface area (Å²) in [5.41, 5.74) is -0.0784. The Hall–Kier alpha value is -1.36. The summed E-state index contributed by atoms with van der Waals surface area (Å²) in [7, 11) is -3.08. The van der Waals surface area contributed by atoms with Crippen LogP contribution < -0.4 is 0 Å². The molecule has 0 amide bonds. The molecule has 0 spiro atoms. The van der Waals surface area contributed by atoms with Crippen molar-refractivity contribution < 1.29 is 18.4 Å². The molecule has 18 heavy (non-hydrogen) atoms. The van der Waals surface area contributed by atoms with E-state index >= 15 is 0 Å². The molecule has 0 heterocycles. The molecule has 0 unspecified atom stereocenters. The van der Waals surface area contributed by atoms with Gasteiger partial charge in [0.2, 0.25) is 0 Å². The van der Waals surface area contributed by atoms with Gasteiger partial charge in [0.1, 0.15) is 0 Å². The van der Waals surface area contributed by atoms with Crippen LogP contribution >= 0.6 is 0 Å². The summed E-state index contributed by atoms with van der Waals surface area (Å²) in [6.45, 7) is 16.2. The lowest BCUT2D eigenvalue weighted by Crippen LogP contribution is -2.55. The summed E-state index contributed by atoms with van der Waals surface area (Å²) in [4.78, 5) is 23.1. The molecule has 0 saturated heterocycles. The maximum atomic E-state index is 11.5. The van der Waals surface area contributed by atoms with Crippen molar-refractivity contribution in [3.05, 3.63) is 25.3 Å². The Morgan fingerprint density at radius 3 is 1.56 bits per heavy atom. The highest BCUT2D eigenvalue weighted by Crippen LogP contribution is 2.45. The Morgan fingerprint density at radius 1 is 1.06 bits per heavy atom. The maximum absolute atomic E-state index is 11.5. The number of carbonyl (C=O) groups excluding carboxylic acids is 2. The first-order valence-corrected chi connectivity index (χ1v) is 7.71. The molecule has 4 nitrogen and oxygen atoms in total. The molecule has 0 saturated carbocycles. The second-order valence-corrected chi connectivity index (χ2v) is 9.72. The smallest absolute Gasteiger partial charge is 0.472 e. The van der Waals surface area contributed by atoms with Crippen molar-refractivity contribution in [1.82, 2.24) is 0 Å². The molecule has 0 rings (SSSR count). The van der Waals surface area contributed by atoms with Gasteiger partial charge >= 0.3 is 20.5 Å². The van der Waals surface area contributed by atoms with Crippen molar-refractivity contribution in [2.75, 3.05) is 0 Å². The lowest BCUT2D eigenvalue weighted by Gasteiger charge is -2.41. The van der Waals surface area contributed by atoms with Gasteiger partial charge < -0.3 is 8.85 Å². The van der Waals surface area contributed by atoms with Crippen LogP contribution in [0.25, 0.3) is 0 Å². The SMILES string of the molecule is C=CC(=O)O[Si](OC(=O)C=C)(C(C)C)C(C)(C)C. The summed E-state index contributed by atoms with van der Waals surface area (Å²) >= 11 is 0. The Morgan fingerprint density at radius 2 is 1.39 bits per heavy atom. The fourth-order valence-electron chi connectivity index (χ4n) is 1.81. The van der Waals surface area contributed by atoms with Crippen LogP contribution in [0, 0.1) is 0 Å². The van der Waals surface area contributed by atoms with Gasteiger partial charge in [-0.05, 0) is 0 Å². The van der Waals surface area contributed by atoms with Crippen molar-refractivity contribution in [2.24, 2.45) is 0 Å². The van der Waals surface area contributed by atoms with Gasteiger partial charge in [-0.15, -0.1) is 0 Å². The third kappa shape index (κ3) is 3.56. The fraction of sp³-hybridized carbons (Fsp3) is 0.538. The molecule has 0 radical (unpaired) electrons. The summed E-state index contributed by atoms with van der Waals surface area (Å²) in [6.07, 6.45) is 2.16. The average molecular weight is 270 g/mol. The molecule has 0 aromatic rings. The minimum absolute atomic E-state index is 0.0784. The van der Waals surface area contributed by atoms with E-state index in [4.69, 9.17) is 8.85 Å². The van der Waals surface area contributed by atoms with Gasteiger partial charge in [-0.25, -0.2) is 9.59 Å². The van der Waals surface area contributed by atoms with Gasteiger partial charge in [0.05, 0.1) is 0 Å². The zero-order chi connectivity index (χ0) is 14.6. The third-order valence-corrected chi connectivity index (χ3v) is 7.26. The highest BCUT2D eigenvalue weighted by Gasteiger charge is 2.57. The molecule has 0 atom stereocenters. The minimum atomic E-state index is -3.08. The molecule has 5 heteroatoms. The number of hydrogen-bond acceptors (Lipinski definition) is 4. The summed E-state index contributed by atoms with van der Waals surface area (Å²) < 4.78 is 11.0. The molecule has 0 fully saturated rings. The van der Waals surface area contributed by atoms with Gasteiger partial charge in [0.15, 0.2) is 0 Å². The molecule has 0 aromatic carbocycles. The molecule has 0 aliphatic heterocycles. The van der Waals surface area contributed by atoms with Gasteiger partial charge in [0.25, 0.3) is 0 Å². The maximum Gasteiger partial charge on any atom is 0.472 e. The quantitative estimate of drug-likeness (QED) is 0.569. The molecule has 102 valence electrons. The first-order valence-electron chi connectivity index (χ1n) is 5.81. The molecule has 0 aliphatic rings. The molecule has 0 aliphatic carbocycles. The molecular weight excluding hydrogens is 248 g/mol. The Bertz CT molecular complexity index is 330. The number of hydrogen-bond donors (Lipinski definition) is 0. The van der Waals surface area contributed by atoms with E-state index in [0.29, 0.717) is 0 Å². The van der Waals surface area contributed by atoms with E-state index in [1.54, 1.807) is 0 Å². The summed E-state index contributed by atoms with van der Waals surface area (Å²) in [5.74, 6) is -1.13. The standard InChI is InChI=1S/C13H22O4Si/c1-8-11(14)16-18(10(3)4,13(5,6)7)17-12(15)9-2/h8-10H,1-2H2,3-7H3. The Labute approximate surface area is 110 Å². The van der Waals surface area contributed by atoms with Crippen molar-refractivity contribution >= 4 is 20.5 Å². The van der Waals surface area contributed by atoms with Crippen LogP contribution in [0.2, 0.25) is 10.6 Å². The van der Waals surface area contributed by atoms with Crippen molar-refractivity contribution in [3.63, 3.8) is 0 Å². The van der Waals surface area contributed by atoms with Crippen molar-refractivity contribution in [1.29, 1.82) is 0 Å². The first-order chi connectivity index (χ1) is 8.10. The predicted molar refractivity (Wildman–Crippen MR) is 73.1 cm³/mol. The average Bonchev–Trinajstić information content (AvgIpc) is 2.25. The number of carbonyl (C=O) groups is 2. The van der Waals surface area contributed by atoms with E-state index in [9.17, 15) is 9.59 Å². The van der Waals surface area contributed by atoms with Gasteiger partial charge in [-0.3, -0.25) is 0 Å². The van der Waals surface area contributed by atoms with Gasteiger partial charge in [0, 0.05) is 22.7 Å². The van der Waals surface area contributed by atoms with E-state index in [1.165, 1.54) is 0 Å². The predicted octanol–water partition coefficient (Wildman–Crippen LogP) is 3.10. The van der Waals surface area contributed by atoms with E-state index in [0.717, 1.165) is 12.2 Å². The lowest BCUT2D eigenvalue weighted by molar-refractivity contribution is -0.137. The topological polar surface area (TPSA) is 52.6 Å². The minimum Gasteiger partial charge on any atom is -0.481 e. The van der Waals surface area contributed by atoms with Crippen LogP contribution in [0.4, 0.5) is 0 Å². The lowest BCUT2D eigenvalue weighted by atomic mass is 10.2. The second-order valence-electron chi connectivity index (χ2n) is 5.32. The summed E-state index contributed by atoms with van der Waals surface area (Å²) in [6, 6.07) is 0. The van der Waals surface area contributed by atoms with E-state index in [1.807, 2.05) is 34.6 Å². The number of rotatable bonds is 5. The monoisotopic (exact) mass is 270 g/mol. The van der Waals surface area contributed by atoms with E-state index < -0.39 is 25.5 Å². The van der Waals surface area contributed by atoms with Crippen LogP contribution in [-0.2, 0) is 18.4 Å². The largest absolute Gasteiger partial charge is 0.481 e. The van der Waals surface area contributed by atoms with Crippen LogP contribution in [0.1, 0.15) is 34.6 Å². The van der Waals surface area contributed by atoms with Crippen LogP contribution in [0.3, 0.4) is 0 Å². The van der Waals surface area contributed by atoms with Crippen molar-refractivity contribution in [2.45, 2.75) is 45.2 Å². The second kappa shape index (κ2) is 6.00. The van der Waals surface area contributed by atoms with Crippen molar-refractivity contribution in [3.8, 4) is 0 Å². The Balaban J connectivity index is 5.57. The molecule has 0 N–H and O–H groups in total. The van der Waals surface area contributed by atoms with Crippen LogP contribution in [0.15, 0.2) is 25.3 Å². The fourth-order valence-corrected chi connectivity index (χ4v) is 5.43. The summed E-state index contributed by atoms with van der Waals surface area (Å²) in [5, 5.41) is -0.446. The van der Waals surface area contributed by atoms with Crippen LogP contribution in [-0.4, -0.2) is 20.5 Å². The molecule has 0 aromatic heterocycles. The molecular formula is C13H22O4Si. The molecule has 0 bridgehead atoms. The zero-order valence-electron chi connectivity index (χ0n) is 11.8. The first kappa shape index (κ1) is 16.6. The Kier molecular flexibility index (Phi) is 5.54. The van der Waals surface area contributed by atoms with Crippen LogP contribution in [0.5, 0.6) is 0 Å². The highest BCUT2D eigenvalue weighted by atomic mass is 28.4. The van der Waals surface area contributed by atoms with E-state index in [-0.39, 0.29) is 5.54 Å². The zero-order valence-corrected chi connectivity index (χ0v) is 12.8. The normalized spacial score (nSPS) is 11.9. The van der Waals surface area contributed by atoms with E-state index in [2.05, 4.69) is 13.2 Å².